The summed E-state index contributed by atoms with van der Waals surface area (Å²) in [6, 6.07) is 7.58. The summed E-state index contributed by atoms with van der Waals surface area (Å²) in [6.07, 6.45) is 5.76. The molecule has 0 atom stereocenters. The van der Waals surface area contributed by atoms with Gasteiger partial charge in [0, 0.05) is 0 Å². The van der Waals surface area contributed by atoms with Gasteiger partial charge in [-0.25, -0.2) is 0 Å². The van der Waals surface area contributed by atoms with Crippen molar-refractivity contribution in [3.63, 3.8) is 0 Å². The zero-order valence-corrected chi connectivity index (χ0v) is 8.19. The molecule has 2 nitrogen and oxygen atoms in total. The largest absolute Gasteiger partial charge is 0.494 e. The minimum absolute atomic E-state index is 0.733. The van der Waals surface area contributed by atoms with E-state index in [4.69, 9.17) is 4.74 Å². The second-order valence-corrected chi connectivity index (χ2v) is 2.87. The highest BCUT2D eigenvalue weighted by Gasteiger charge is 1.91. The number of carbonyl (C=O) groups excluding carboxylic acids is 1. The van der Waals surface area contributed by atoms with Crippen molar-refractivity contribution in [1.82, 2.24) is 0 Å². The first kappa shape index (κ1) is 10.5. The van der Waals surface area contributed by atoms with Gasteiger partial charge in [0.15, 0.2) is 0 Å². The highest BCUT2D eigenvalue weighted by atomic mass is 16.5. The van der Waals surface area contributed by atoms with Gasteiger partial charge in [0.1, 0.15) is 5.75 Å². The van der Waals surface area contributed by atoms with Crippen LogP contribution < -0.4 is 4.74 Å². The minimum atomic E-state index is 0.733. The molecule has 0 bridgehead atoms. The first-order valence-corrected chi connectivity index (χ1v) is 4.64. The third-order valence-electron chi connectivity index (χ3n) is 1.70. The van der Waals surface area contributed by atoms with E-state index in [0.29, 0.717) is 0 Å². The molecule has 0 aliphatic carbocycles. The van der Waals surface area contributed by atoms with Crippen molar-refractivity contribution in [1.29, 1.82) is 0 Å². The molecule has 0 aliphatic heterocycles. The van der Waals surface area contributed by atoms with Crippen LogP contribution in [-0.4, -0.2) is 12.9 Å². The minimum Gasteiger partial charge on any atom is -0.494 e. The molecule has 2 heteroatoms. The lowest BCUT2D eigenvalue weighted by molar-refractivity contribution is 0.317. The lowest BCUT2D eigenvalue weighted by atomic mass is 10.2. The fourth-order valence-corrected chi connectivity index (χ4v) is 1.03. The molecule has 1 aromatic rings. The highest BCUT2D eigenvalue weighted by molar-refractivity contribution is 5.74. The number of hydrogen-bond acceptors (Lipinski definition) is 2. The van der Waals surface area contributed by atoms with Crippen LogP contribution in [0.5, 0.6) is 5.75 Å². The summed E-state index contributed by atoms with van der Waals surface area (Å²) in [6.45, 7) is 2.80. The summed E-state index contributed by atoms with van der Waals surface area (Å²) in [5, 5.41) is 0. The molecule has 0 aromatic heterocycles. The van der Waals surface area contributed by atoms with Crippen molar-refractivity contribution >= 4 is 12.4 Å². The molecule has 0 spiro atoms. The lowest BCUT2D eigenvalue weighted by Crippen LogP contribution is -1.94. The number of benzene rings is 1. The number of hydrogen-bond donors (Lipinski definition) is 0. The van der Waals surface area contributed by atoms with Gasteiger partial charge in [0.05, 0.1) is 6.61 Å². The normalized spacial score (nSPS) is 10.4. The molecule has 0 amide bonds. The number of ether oxygens (including phenoxy) is 1. The molecule has 0 N–H and O–H groups in total. The van der Waals surface area contributed by atoms with Crippen LogP contribution in [0.15, 0.2) is 30.3 Å². The van der Waals surface area contributed by atoms with Crippen LogP contribution in [0.3, 0.4) is 0 Å². The molecule has 0 saturated carbocycles. The van der Waals surface area contributed by atoms with E-state index >= 15 is 0 Å². The summed E-state index contributed by atoms with van der Waals surface area (Å²) < 4.78 is 5.41. The van der Waals surface area contributed by atoms with Crippen molar-refractivity contribution in [3.05, 3.63) is 35.9 Å². The van der Waals surface area contributed by atoms with Crippen LogP contribution in [0.4, 0.5) is 0 Å². The van der Waals surface area contributed by atoms with E-state index in [-0.39, 0.29) is 0 Å². The summed E-state index contributed by atoms with van der Waals surface area (Å²) in [7, 11) is 0. The SMILES string of the molecule is CCCOc1ccc(C=C[C]=O)cc1. The van der Waals surface area contributed by atoms with Gasteiger partial charge in [-0.15, -0.1) is 0 Å². The first-order valence-electron chi connectivity index (χ1n) is 4.64. The van der Waals surface area contributed by atoms with E-state index < -0.39 is 0 Å². The molecular formula is C12H13O2. The van der Waals surface area contributed by atoms with Crippen molar-refractivity contribution in [2.45, 2.75) is 13.3 Å². The van der Waals surface area contributed by atoms with Gasteiger partial charge in [-0.2, -0.15) is 0 Å². The zero-order chi connectivity index (χ0) is 10.2. The van der Waals surface area contributed by atoms with Gasteiger partial charge in [-0.3, -0.25) is 4.79 Å². The molecule has 1 radical (unpaired) electrons. The van der Waals surface area contributed by atoms with E-state index in [2.05, 4.69) is 6.92 Å². The maximum absolute atomic E-state index is 9.95. The van der Waals surface area contributed by atoms with Crippen LogP contribution in [0.25, 0.3) is 6.08 Å². The van der Waals surface area contributed by atoms with Gasteiger partial charge in [-0.1, -0.05) is 25.1 Å². The van der Waals surface area contributed by atoms with Gasteiger partial charge in [-0.05, 0) is 30.2 Å². The Kier molecular flexibility index (Phi) is 4.48. The maximum Gasteiger partial charge on any atom is 0.225 e. The third kappa shape index (κ3) is 3.44. The average Bonchev–Trinajstić information content (AvgIpc) is 2.25. The molecule has 0 aliphatic rings. The fourth-order valence-electron chi connectivity index (χ4n) is 1.03. The number of rotatable bonds is 5. The molecule has 0 fully saturated rings. The maximum atomic E-state index is 9.95. The molecule has 73 valence electrons. The molecule has 0 saturated heterocycles. The Morgan fingerprint density at radius 1 is 1.36 bits per heavy atom. The van der Waals surface area contributed by atoms with Crippen molar-refractivity contribution in [3.8, 4) is 5.75 Å². The predicted molar refractivity (Wildman–Crippen MR) is 57.0 cm³/mol. The summed E-state index contributed by atoms with van der Waals surface area (Å²) >= 11 is 0. The quantitative estimate of drug-likeness (QED) is 0.665. The van der Waals surface area contributed by atoms with Crippen LogP contribution in [-0.2, 0) is 4.79 Å². The van der Waals surface area contributed by atoms with Crippen LogP contribution in [0.2, 0.25) is 0 Å². The second-order valence-electron chi connectivity index (χ2n) is 2.87. The van der Waals surface area contributed by atoms with Gasteiger partial charge in [0.25, 0.3) is 0 Å². The van der Waals surface area contributed by atoms with Crippen molar-refractivity contribution < 1.29 is 9.53 Å². The Hall–Kier alpha value is -1.57. The van der Waals surface area contributed by atoms with Crippen molar-refractivity contribution in [2.24, 2.45) is 0 Å². The van der Waals surface area contributed by atoms with Gasteiger partial charge >= 0.3 is 0 Å². The monoisotopic (exact) mass is 189 g/mol. The Morgan fingerprint density at radius 2 is 2.07 bits per heavy atom. The van der Waals surface area contributed by atoms with Gasteiger partial charge in [0.2, 0.25) is 6.29 Å². The average molecular weight is 189 g/mol. The Bertz CT molecular complexity index is 299. The third-order valence-corrected chi connectivity index (χ3v) is 1.70. The summed E-state index contributed by atoms with van der Waals surface area (Å²) in [5.41, 5.74) is 0.970. The smallest absolute Gasteiger partial charge is 0.225 e. The van der Waals surface area contributed by atoms with Crippen LogP contribution >= 0.6 is 0 Å². The topological polar surface area (TPSA) is 26.3 Å². The highest BCUT2D eigenvalue weighted by Crippen LogP contribution is 2.13. The summed E-state index contributed by atoms with van der Waals surface area (Å²) in [4.78, 5) is 9.95. The lowest BCUT2D eigenvalue weighted by Gasteiger charge is -2.03. The Balaban J connectivity index is 2.59. The standard InChI is InChI=1S/C12H13O2/c1-2-10-14-12-7-5-11(6-8-12)4-3-9-13/h3-8H,2,10H2,1H3. The van der Waals surface area contributed by atoms with E-state index in [1.165, 1.54) is 6.08 Å². The van der Waals surface area contributed by atoms with Gasteiger partial charge < -0.3 is 4.74 Å². The molecular weight excluding hydrogens is 176 g/mol. The molecule has 0 heterocycles. The van der Waals surface area contributed by atoms with E-state index in [1.807, 2.05) is 24.3 Å². The molecule has 1 aromatic carbocycles. The molecule has 0 unspecified atom stereocenters. The Labute approximate surface area is 84.2 Å². The fraction of sp³-hybridized carbons (Fsp3) is 0.250. The van der Waals surface area contributed by atoms with E-state index in [0.717, 1.165) is 24.3 Å². The van der Waals surface area contributed by atoms with Crippen LogP contribution in [0, 0.1) is 0 Å². The van der Waals surface area contributed by atoms with E-state index in [9.17, 15) is 4.79 Å². The first-order chi connectivity index (χ1) is 6.86. The summed E-state index contributed by atoms with van der Waals surface area (Å²) in [5.74, 6) is 0.860. The number of allylic oxidation sites excluding steroid dienone is 1. The molecule has 14 heavy (non-hydrogen) atoms. The second kappa shape index (κ2) is 5.97. The predicted octanol–water partition coefficient (Wildman–Crippen LogP) is 2.60. The Morgan fingerprint density at radius 3 is 2.64 bits per heavy atom. The van der Waals surface area contributed by atoms with Crippen molar-refractivity contribution in [2.75, 3.05) is 6.61 Å². The molecule has 1 rings (SSSR count). The van der Waals surface area contributed by atoms with Crippen LogP contribution in [0.1, 0.15) is 18.9 Å². The van der Waals surface area contributed by atoms with E-state index in [1.54, 1.807) is 12.4 Å². The zero-order valence-electron chi connectivity index (χ0n) is 8.19.